The summed E-state index contributed by atoms with van der Waals surface area (Å²) < 4.78 is 0. The fraction of sp³-hybridized carbons (Fsp3) is 0.158. The van der Waals surface area contributed by atoms with Gasteiger partial charge in [-0.25, -0.2) is 0 Å². The molecule has 0 radical (unpaired) electrons. The molecule has 0 bridgehead atoms. The molecule has 0 fully saturated rings. The van der Waals surface area contributed by atoms with E-state index in [1.165, 1.54) is 22.5 Å². The molecule has 0 spiro atoms. The van der Waals surface area contributed by atoms with Gasteiger partial charge in [0.15, 0.2) is 0 Å². The Hall–Kier alpha value is -2.28. The first-order chi connectivity index (χ1) is 9.84. The van der Waals surface area contributed by atoms with Crippen LogP contribution in [0.15, 0.2) is 72.8 Å². The molecule has 20 heavy (non-hydrogen) atoms. The number of benzene rings is 2. The number of para-hydroxylation sites is 1. The summed E-state index contributed by atoms with van der Waals surface area (Å²) >= 11 is 0. The molecular formula is C19H17N. The molecule has 2 aromatic rings. The zero-order valence-electron chi connectivity index (χ0n) is 11.5. The summed E-state index contributed by atoms with van der Waals surface area (Å²) in [4.78, 5) is 2.46. The van der Waals surface area contributed by atoms with Crippen LogP contribution < -0.4 is 4.90 Å². The first-order valence-corrected chi connectivity index (χ1v) is 7.14. The summed E-state index contributed by atoms with van der Waals surface area (Å²) in [6, 6.07) is 18.0. The lowest BCUT2D eigenvalue weighted by molar-refractivity contribution is 0.744. The number of rotatable bonds is 1. The minimum Gasteiger partial charge on any atom is -0.333 e. The van der Waals surface area contributed by atoms with Gasteiger partial charge in [-0.3, -0.25) is 0 Å². The topological polar surface area (TPSA) is 3.24 Å². The molecule has 0 saturated carbocycles. The van der Waals surface area contributed by atoms with Crippen LogP contribution in [0.4, 0.5) is 11.4 Å². The smallest absolute Gasteiger partial charge is 0.0629 e. The van der Waals surface area contributed by atoms with Crippen LogP contribution in [0.3, 0.4) is 0 Å². The van der Waals surface area contributed by atoms with Gasteiger partial charge in [-0.2, -0.15) is 0 Å². The van der Waals surface area contributed by atoms with Crippen molar-refractivity contribution < 1.29 is 0 Å². The van der Waals surface area contributed by atoms with E-state index in [4.69, 9.17) is 0 Å². The summed E-state index contributed by atoms with van der Waals surface area (Å²) in [5, 5.41) is 0. The number of aryl methyl sites for hydroxylation is 1. The molecule has 98 valence electrons. The molecular weight excluding hydrogens is 242 g/mol. The summed E-state index contributed by atoms with van der Waals surface area (Å²) in [5.74, 6) is 0.470. The van der Waals surface area contributed by atoms with Crippen molar-refractivity contribution in [3.05, 3.63) is 84.0 Å². The number of anilines is 2. The molecule has 2 atom stereocenters. The Kier molecular flexibility index (Phi) is 2.53. The van der Waals surface area contributed by atoms with Crippen molar-refractivity contribution >= 4 is 11.4 Å². The van der Waals surface area contributed by atoms with Crippen LogP contribution in [0.1, 0.15) is 17.0 Å². The highest BCUT2D eigenvalue weighted by Crippen LogP contribution is 2.47. The number of nitrogens with zero attached hydrogens (tertiary/aromatic N) is 1. The van der Waals surface area contributed by atoms with E-state index in [1.54, 1.807) is 0 Å². The Morgan fingerprint density at radius 3 is 2.45 bits per heavy atom. The molecule has 2 aromatic carbocycles. The maximum absolute atomic E-state index is 2.46. The monoisotopic (exact) mass is 259 g/mol. The van der Waals surface area contributed by atoms with Crippen LogP contribution in [-0.4, -0.2) is 6.04 Å². The molecule has 0 N–H and O–H groups in total. The van der Waals surface area contributed by atoms with Crippen molar-refractivity contribution in [2.24, 2.45) is 0 Å². The predicted octanol–water partition coefficient (Wildman–Crippen LogP) is 4.72. The molecule has 1 heterocycles. The summed E-state index contributed by atoms with van der Waals surface area (Å²) in [5.41, 5.74) is 5.34. The van der Waals surface area contributed by atoms with Crippen LogP contribution in [0.2, 0.25) is 0 Å². The van der Waals surface area contributed by atoms with Crippen molar-refractivity contribution in [2.45, 2.75) is 18.9 Å². The highest BCUT2D eigenvalue weighted by atomic mass is 15.2. The van der Waals surface area contributed by atoms with E-state index in [0.717, 1.165) is 0 Å². The van der Waals surface area contributed by atoms with Crippen molar-refractivity contribution in [1.82, 2.24) is 0 Å². The first-order valence-electron chi connectivity index (χ1n) is 7.14. The fourth-order valence-electron chi connectivity index (χ4n) is 3.30. The molecule has 2 aliphatic rings. The molecule has 2 unspecified atom stereocenters. The highest BCUT2D eigenvalue weighted by molar-refractivity contribution is 5.75. The Morgan fingerprint density at radius 2 is 1.60 bits per heavy atom. The minimum atomic E-state index is 0.403. The standard InChI is InChI=1S/C19H17N/c1-14-10-12-15(13-11-14)20-18-8-4-2-6-16(18)17-7-3-5-9-19(17)20/h2-13,16,18H,1H3. The van der Waals surface area contributed by atoms with Gasteiger partial charge in [0.2, 0.25) is 0 Å². The van der Waals surface area contributed by atoms with Gasteiger partial charge in [-0.05, 0) is 30.7 Å². The Bertz CT molecular complexity index is 694. The van der Waals surface area contributed by atoms with Gasteiger partial charge in [-0.1, -0.05) is 60.2 Å². The van der Waals surface area contributed by atoms with Gasteiger partial charge in [0, 0.05) is 17.3 Å². The van der Waals surface area contributed by atoms with Gasteiger partial charge in [0.25, 0.3) is 0 Å². The second-order valence-electron chi connectivity index (χ2n) is 5.55. The minimum absolute atomic E-state index is 0.403. The maximum Gasteiger partial charge on any atom is 0.0629 e. The zero-order chi connectivity index (χ0) is 13.5. The van der Waals surface area contributed by atoms with Crippen LogP contribution in [0.25, 0.3) is 0 Å². The number of allylic oxidation sites excluding steroid dienone is 2. The third-order valence-electron chi connectivity index (χ3n) is 4.27. The lowest BCUT2D eigenvalue weighted by atomic mass is 9.91. The molecule has 1 aliphatic carbocycles. The lowest BCUT2D eigenvalue weighted by Gasteiger charge is -2.28. The van der Waals surface area contributed by atoms with Crippen LogP contribution >= 0.6 is 0 Å². The third-order valence-corrected chi connectivity index (χ3v) is 4.27. The van der Waals surface area contributed by atoms with E-state index in [-0.39, 0.29) is 0 Å². The Balaban J connectivity index is 1.88. The number of hydrogen-bond donors (Lipinski definition) is 0. The second kappa shape index (κ2) is 4.38. The molecule has 0 aromatic heterocycles. The van der Waals surface area contributed by atoms with E-state index in [9.17, 15) is 0 Å². The Morgan fingerprint density at radius 1 is 0.850 bits per heavy atom. The third kappa shape index (κ3) is 1.63. The fourth-order valence-corrected chi connectivity index (χ4v) is 3.30. The molecule has 1 nitrogen and oxygen atoms in total. The SMILES string of the molecule is Cc1ccc(N2c3ccccc3C3C=CC=CC32)cc1. The van der Waals surface area contributed by atoms with Gasteiger partial charge in [-0.15, -0.1) is 0 Å². The van der Waals surface area contributed by atoms with Gasteiger partial charge in [0.05, 0.1) is 6.04 Å². The molecule has 1 heteroatoms. The molecule has 0 amide bonds. The highest BCUT2D eigenvalue weighted by Gasteiger charge is 2.36. The van der Waals surface area contributed by atoms with E-state index in [1.807, 2.05) is 0 Å². The lowest BCUT2D eigenvalue weighted by Crippen LogP contribution is -2.28. The van der Waals surface area contributed by atoms with Crippen molar-refractivity contribution in [1.29, 1.82) is 0 Å². The van der Waals surface area contributed by atoms with Crippen LogP contribution in [-0.2, 0) is 0 Å². The van der Waals surface area contributed by atoms with Crippen molar-refractivity contribution in [2.75, 3.05) is 4.90 Å². The van der Waals surface area contributed by atoms with E-state index in [0.29, 0.717) is 12.0 Å². The quantitative estimate of drug-likeness (QED) is 0.716. The average molecular weight is 259 g/mol. The van der Waals surface area contributed by atoms with E-state index >= 15 is 0 Å². The number of fused-ring (bicyclic) bond motifs is 3. The van der Waals surface area contributed by atoms with Crippen LogP contribution in [0, 0.1) is 6.92 Å². The zero-order valence-corrected chi connectivity index (χ0v) is 11.5. The van der Waals surface area contributed by atoms with Gasteiger partial charge >= 0.3 is 0 Å². The predicted molar refractivity (Wildman–Crippen MR) is 84.6 cm³/mol. The van der Waals surface area contributed by atoms with Crippen molar-refractivity contribution in [3.8, 4) is 0 Å². The molecule has 1 aliphatic heterocycles. The van der Waals surface area contributed by atoms with Gasteiger partial charge in [0.1, 0.15) is 0 Å². The average Bonchev–Trinajstić information content (AvgIpc) is 2.83. The second-order valence-corrected chi connectivity index (χ2v) is 5.55. The summed E-state index contributed by atoms with van der Waals surface area (Å²) in [6.07, 6.45) is 8.95. The molecule has 4 rings (SSSR count). The summed E-state index contributed by atoms with van der Waals surface area (Å²) in [7, 11) is 0. The van der Waals surface area contributed by atoms with Crippen LogP contribution in [0.5, 0.6) is 0 Å². The summed E-state index contributed by atoms with van der Waals surface area (Å²) in [6.45, 7) is 2.13. The normalized spacial score (nSPS) is 22.8. The van der Waals surface area contributed by atoms with Crippen molar-refractivity contribution in [3.63, 3.8) is 0 Å². The maximum atomic E-state index is 2.46. The van der Waals surface area contributed by atoms with E-state index < -0.39 is 0 Å². The first kappa shape index (κ1) is 11.5. The largest absolute Gasteiger partial charge is 0.333 e. The van der Waals surface area contributed by atoms with E-state index in [2.05, 4.69) is 84.7 Å². The Labute approximate surface area is 119 Å². The van der Waals surface area contributed by atoms with Gasteiger partial charge < -0.3 is 4.90 Å². The number of hydrogen-bond acceptors (Lipinski definition) is 1. The molecule has 0 saturated heterocycles.